The van der Waals surface area contributed by atoms with Crippen LogP contribution in [0.25, 0.3) is 11.3 Å². The maximum absolute atomic E-state index is 5.91. The van der Waals surface area contributed by atoms with Crippen LogP contribution in [0.5, 0.6) is 0 Å². The second-order valence-corrected chi connectivity index (χ2v) is 4.37. The van der Waals surface area contributed by atoms with Crippen LogP contribution in [-0.4, -0.2) is 4.98 Å². The number of benzene rings is 1. The zero-order valence-corrected chi connectivity index (χ0v) is 9.40. The molecule has 0 bridgehead atoms. The highest BCUT2D eigenvalue weighted by atomic mass is 35.5. The predicted octanol–water partition coefficient (Wildman–Crippen LogP) is 4.03. The number of halogens is 1. The molecule has 0 radical (unpaired) electrons. The lowest BCUT2D eigenvalue weighted by Crippen LogP contribution is -1.80. The van der Waals surface area contributed by atoms with Crippen molar-refractivity contribution in [3.05, 3.63) is 39.7 Å². The molecule has 0 aliphatic carbocycles. The second-order valence-electron chi connectivity index (χ2n) is 2.99. The van der Waals surface area contributed by atoms with Gasteiger partial charge in [0.25, 0.3) is 0 Å². The van der Waals surface area contributed by atoms with E-state index in [1.165, 1.54) is 5.01 Å². The van der Waals surface area contributed by atoms with Gasteiger partial charge in [-0.1, -0.05) is 30.7 Å². The first-order valence-corrected chi connectivity index (χ1v) is 5.75. The Morgan fingerprint density at radius 1 is 1.43 bits per heavy atom. The first-order chi connectivity index (χ1) is 6.79. The van der Waals surface area contributed by atoms with Gasteiger partial charge < -0.3 is 0 Å². The van der Waals surface area contributed by atoms with Crippen LogP contribution in [0.3, 0.4) is 0 Å². The molecule has 2 rings (SSSR count). The Hall–Kier alpha value is -0.860. The third-order valence-electron chi connectivity index (χ3n) is 1.97. The monoisotopic (exact) mass is 223 g/mol. The van der Waals surface area contributed by atoms with E-state index in [-0.39, 0.29) is 0 Å². The minimum Gasteiger partial charge on any atom is -0.241 e. The fraction of sp³-hybridized carbons (Fsp3) is 0.182. The first-order valence-electron chi connectivity index (χ1n) is 4.50. The molecule has 1 aromatic heterocycles. The van der Waals surface area contributed by atoms with Crippen molar-refractivity contribution in [1.82, 2.24) is 4.98 Å². The standard InChI is InChI=1S/C11H10ClNS/c1-2-11-13-10(7-14-11)8-4-3-5-9(12)6-8/h3-7H,2H2,1H3. The summed E-state index contributed by atoms with van der Waals surface area (Å²) in [5, 5.41) is 4.00. The van der Waals surface area contributed by atoms with E-state index in [9.17, 15) is 0 Å². The second kappa shape index (κ2) is 4.11. The largest absolute Gasteiger partial charge is 0.241 e. The number of thiazole rings is 1. The summed E-state index contributed by atoms with van der Waals surface area (Å²) in [6.07, 6.45) is 0.991. The molecule has 0 saturated carbocycles. The highest BCUT2D eigenvalue weighted by Crippen LogP contribution is 2.24. The summed E-state index contributed by atoms with van der Waals surface area (Å²) in [6, 6.07) is 7.79. The summed E-state index contributed by atoms with van der Waals surface area (Å²) in [4.78, 5) is 4.50. The Labute approximate surface area is 92.4 Å². The van der Waals surface area contributed by atoms with Gasteiger partial charge >= 0.3 is 0 Å². The van der Waals surface area contributed by atoms with E-state index in [0.29, 0.717) is 0 Å². The number of hydrogen-bond donors (Lipinski definition) is 0. The van der Waals surface area contributed by atoms with E-state index in [0.717, 1.165) is 22.7 Å². The van der Waals surface area contributed by atoms with Crippen molar-refractivity contribution in [2.75, 3.05) is 0 Å². The van der Waals surface area contributed by atoms with Gasteiger partial charge in [-0.3, -0.25) is 0 Å². The molecule has 2 aromatic rings. The van der Waals surface area contributed by atoms with Crippen LogP contribution >= 0.6 is 22.9 Å². The molecule has 1 heterocycles. The first kappa shape index (κ1) is 9.69. The molecule has 0 fully saturated rings. The Bertz CT molecular complexity index is 436. The van der Waals surface area contributed by atoms with Crippen LogP contribution in [0, 0.1) is 0 Å². The van der Waals surface area contributed by atoms with Gasteiger partial charge in [-0.15, -0.1) is 11.3 Å². The third-order valence-corrected chi connectivity index (χ3v) is 3.20. The van der Waals surface area contributed by atoms with Crippen molar-refractivity contribution < 1.29 is 0 Å². The van der Waals surface area contributed by atoms with E-state index in [1.807, 2.05) is 24.3 Å². The van der Waals surface area contributed by atoms with Crippen molar-refractivity contribution in [1.29, 1.82) is 0 Å². The lowest BCUT2D eigenvalue weighted by Gasteiger charge is -1.96. The van der Waals surface area contributed by atoms with Gasteiger partial charge in [-0.25, -0.2) is 4.98 Å². The van der Waals surface area contributed by atoms with Crippen molar-refractivity contribution in [3.63, 3.8) is 0 Å². The van der Waals surface area contributed by atoms with Crippen molar-refractivity contribution in [2.45, 2.75) is 13.3 Å². The lowest BCUT2D eigenvalue weighted by atomic mass is 10.2. The van der Waals surface area contributed by atoms with Gasteiger partial charge in [0.1, 0.15) is 0 Å². The van der Waals surface area contributed by atoms with E-state index < -0.39 is 0 Å². The minimum absolute atomic E-state index is 0.758. The Morgan fingerprint density at radius 3 is 2.93 bits per heavy atom. The van der Waals surface area contributed by atoms with E-state index >= 15 is 0 Å². The van der Waals surface area contributed by atoms with Crippen LogP contribution in [0.1, 0.15) is 11.9 Å². The van der Waals surface area contributed by atoms with Gasteiger partial charge in [0.2, 0.25) is 0 Å². The predicted molar refractivity (Wildman–Crippen MR) is 61.9 cm³/mol. The van der Waals surface area contributed by atoms with Crippen molar-refractivity contribution >= 4 is 22.9 Å². The number of aryl methyl sites for hydroxylation is 1. The third kappa shape index (κ3) is 1.97. The molecule has 0 aliphatic heterocycles. The maximum Gasteiger partial charge on any atom is 0.0929 e. The molecule has 1 aromatic carbocycles. The highest BCUT2D eigenvalue weighted by Gasteiger charge is 2.02. The molecule has 14 heavy (non-hydrogen) atoms. The summed E-state index contributed by atoms with van der Waals surface area (Å²) in [5.41, 5.74) is 2.11. The molecule has 3 heteroatoms. The summed E-state index contributed by atoms with van der Waals surface area (Å²) < 4.78 is 0. The summed E-state index contributed by atoms with van der Waals surface area (Å²) in [6.45, 7) is 2.11. The highest BCUT2D eigenvalue weighted by molar-refractivity contribution is 7.09. The molecule has 0 aliphatic rings. The summed E-state index contributed by atoms with van der Waals surface area (Å²) >= 11 is 7.61. The van der Waals surface area contributed by atoms with Gasteiger partial charge in [0, 0.05) is 16.0 Å². The molecular formula is C11H10ClNS. The van der Waals surface area contributed by atoms with Gasteiger partial charge in [-0.05, 0) is 18.6 Å². The zero-order valence-electron chi connectivity index (χ0n) is 7.83. The van der Waals surface area contributed by atoms with Crippen LogP contribution in [0.4, 0.5) is 0 Å². The molecule has 0 amide bonds. The molecule has 72 valence electrons. The molecular weight excluding hydrogens is 214 g/mol. The summed E-state index contributed by atoms with van der Waals surface area (Å²) in [5.74, 6) is 0. The Morgan fingerprint density at radius 2 is 2.29 bits per heavy atom. The van der Waals surface area contributed by atoms with Crippen molar-refractivity contribution in [3.8, 4) is 11.3 Å². The lowest BCUT2D eigenvalue weighted by molar-refractivity contribution is 1.10. The molecule has 0 spiro atoms. The normalized spacial score (nSPS) is 10.4. The fourth-order valence-electron chi connectivity index (χ4n) is 1.25. The number of nitrogens with zero attached hydrogens (tertiary/aromatic N) is 1. The smallest absolute Gasteiger partial charge is 0.0929 e. The number of hydrogen-bond acceptors (Lipinski definition) is 2. The SMILES string of the molecule is CCc1nc(-c2cccc(Cl)c2)cs1. The molecule has 1 nitrogen and oxygen atoms in total. The van der Waals surface area contributed by atoms with Crippen molar-refractivity contribution in [2.24, 2.45) is 0 Å². The average molecular weight is 224 g/mol. The average Bonchev–Trinajstić information content (AvgIpc) is 2.66. The topological polar surface area (TPSA) is 12.9 Å². The molecule has 0 unspecified atom stereocenters. The zero-order chi connectivity index (χ0) is 9.97. The molecule has 0 atom stereocenters. The van der Waals surface area contributed by atoms with Crippen LogP contribution in [0.15, 0.2) is 29.6 Å². The van der Waals surface area contributed by atoms with Gasteiger partial charge in [-0.2, -0.15) is 0 Å². The van der Waals surface area contributed by atoms with Gasteiger partial charge in [0.05, 0.1) is 10.7 Å². The van der Waals surface area contributed by atoms with E-state index in [4.69, 9.17) is 11.6 Å². The molecule has 0 saturated heterocycles. The van der Waals surface area contributed by atoms with Crippen LogP contribution < -0.4 is 0 Å². The van der Waals surface area contributed by atoms with Gasteiger partial charge in [0.15, 0.2) is 0 Å². The Kier molecular flexibility index (Phi) is 2.85. The maximum atomic E-state index is 5.91. The fourth-order valence-corrected chi connectivity index (χ4v) is 2.20. The Balaban J connectivity index is 2.39. The minimum atomic E-state index is 0.758. The number of aromatic nitrogens is 1. The van der Waals surface area contributed by atoms with Crippen LogP contribution in [-0.2, 0) is 6.42 Å². The van der Waals surface area contributed by atoms with E-state index in [1.54, 1.807) is 11.3 Å². The summed E-state index contributed by atoms with van der Waals surface area (Å²) in [7, 11) is 0. The molecule has 0 N–H and O–H groups in total. The number of rotatable bonds is 2. The quantitative estimate of drug-likeness (QED) is 0.749. The van der Waals surface area contributed by atoms with E-state index in [2.05, 4.69) is 17.3 Å². The van der Waals surface area contributed by atoms with Crippen LogP contribution in [0.2, 0.25) is 5.02 Å².